The molecule has 1 fully saturated rings. The molecule has 3 heteroatoms. The monoisotopic (exact) mass is 389 g/mol. The molecule has 1 saturated heterocycles. The zero-order valence-corrected chi connectivity index (χ0v) is 18.2. The molecule has 0 unspecified atom stereocenters. The fraction of sp³-hybridized carbons (Fsp3) is 0.760. The Balaban J connectivity index is 1.34. The molecule has 1 N–H and O–H groups in total. The van der Waals surface area contributed by atoms with Crippen LogP contribution in [-0.2, 0) is 9.47 Å². The van der Waals surface area contributed by atoms with Crippen molar-refractivity contribution in [3.63, 3.8) is 0 Å². The number of ether oxygens (including phenoxy) is 2. The van der Waals surface area contributed by atoms with Crippen LogP contribution in [0.3, 0.4) is 0 Å². The predicted octanol–water partition coefficient (Wildman–Crippen LogP) is 7.63. The first-order valence-corrected chi connectivity index (χ1v) is 12.0. The van der Waals surface area contributed by atoms with Crippen molar-refractivity contribution in [3.05, 3.63) is 29.8 Å². The Hall–Kier alpha value is -1.06. The van der Waals surface area contributed by atoms with Crippen LogP contribution in [0.25, 0.3) is 0 Å². The Morgan fingerprint density at radius 2 is 1.14 bits per heavy atom. The summed E-state index contributed by atoms with van der Waals surface area (Å²) in [6.07, 6.45) is 19.6. The Bertz CT molecular complexity index is 468. The normalized spacial score (nSPS) is 14.6. The lowest BCUT2D eigenvalue weighted by Gasteiger charge is -2.11. The summed E-state index contributed by atoms with van der Waals surface area (Å²) in [5.41, 5.74) is 2.30. The highest BCUT2D eigenvalue weighted by molar-refractivity contribution is 5.44. The van der Waals surface area contributed by atoms with Crippen LogP contribution in [0.1, 0.15) is 109 Å². The summed E-state index contributed by atoms with van der Waals surface area (Å²) in [5, 5.41) is 3.52. The topological polar surface area (TPSA) is 30.5 Å². The van der Waals surface area contributed by atoms with Gasteiger partial charge in [-0.25, -0.2) is 0 Å². The Morgan fingerprint density at radius 1 is 0.679 bits per heavy atom. The van der Waals surface area contributed by atoms with Gasteiger partial charge in [-0.15, -0.1) is 0 Å². The van der Waals surface area contributed by atoms with Gasteiger partial charge in [0.15, 0.2) is 6.29 Å². The van der Waals surface area contributed by atoms with E-state index in [9.17, 15) is 0 Å². The van der Waals surface area contributed by atoms with E-state index in [0.29, 0.717) is 13.2 Å². The quantitative estimate of drug-likeness (QED) is 0.278. The highest BCUT2D eigenvalue weighted by atomic mass is 16.7. The molecule has 0 spiro atoms. The molecule has 3 nitrogen and oxygen atoms in total. The lowest BCUT2D eigenvalue weighted by Crippen LogP contribution is -2.02. The third-order valence-corrected chi connectivity index (χ3v) is 5.66. The summed E-state index contributed by atoms with van der Waals surface area (Å²) in [6.45, 7) is 4.75. The number of unbranched alkanes of at least 4 members (excludes halogenated alkanes) is 13. The third-order valence-electron chi connectivity index (χ3n) is 5.66. The van der Waals surface area contributed by atoms with Crippen LogP contribution >= 0.6 is 0 Å². The van der Waals surface area contributed by atoms with Crippen molar-refractivity contribution in [1.29, 1.82) is 0 Å². The van der Waals surface area contributed by atoms with Gasteiger partial charge in [0.1, 0.15) is 0 Å². The number of anilines is 1. The molecular weight excluding hydrogens is 346 g/mol. The van der Waals surface area contributed by atoms with Gasteiger partial charge in [0, 0.05) is 17.8 Å². The fourth-order valence-corrected chi connectivity index (χ4v) is 3.86. The Kier molecular flexibility index (Phi) is 13.1. The van der Waals surface area contributed by atoms with E-state index in [1.165, 1.54) is 95.6 Å². The lowest BCUT2D eigenvalue weighted by atomic mass is 10.0. The van der Waals surface area contributed by atoms with Crippen molar-refractivity contribution in [2.45, 2.75) is 103 Å². The molecule has 1 aromatic rings. The van der Waals surface area contributed by atoms with Crippen molar-refractivity contribution in [2.75, 3.05) is 25.1 Å². The molecule has 1 heterocycles. The van der Waals surface area contributed by atoms with E-state index in [4.69, 9.17) is 9.47 Å². The maximum atomic E-state index is 5.53. The van der Waals surface area contributed by atoms with Gasteiger partial charge in [-0.1, -0.05) is 103 Å². The van der Waals surface area contributed by atoms with Crippen molar-refractivity contribution >= 4 is 5.69 Å². The molecule has 0 amide bonds. The van der Waals surface area contributed by atoms with E-state index in [1.54, 1.807) is 0 Å². The number of hydrogen-bond donors (Lipinski definition) is 1. The van der Waals surface area contributed by atoms with E-state index in [2.05, 4.69) is 36.5 Å². The van der Waals surface area contributed by atoms with Gasteiger partial charge in [-0.05, 0) is 18.6 Å². The summed E-state index contributed by atoms with van der Waals surface area (Å²) in [7, 11) is 0. The largest absolute Gasteiger partial charge is 0.385 e. The zero-order chi connectivity index (χ0) is 19.7. The molecule has 0 saturated carbocycles. The molecule has 0 atom stereocenters. The maximum absolute atomic E-state index is 5.53. The van der Waals surface area contributed by atoms with Crippen LogP contribution in [-0.4, -0.2) is 19.8 Å². The predicted molar refractivity (Wildman–Crippen MR) is 120 cm³/mol. The maximum Gasteiger partial charge on any atom is 0.184 e. The smallest absolute Gasteiger partial charge is 0.184 e. The minimum atomic E-state index is -0.167. The molecule has 0 radical (unpaired) electrons. The third kappa shape index (κ3) is 10.5. The summed E-state index contributed by atoms with van der Waals surface area (Å²) < 4.78 is 11.1. The standard InChI is InChI=1S/C25H43NO2/c1-2-3-4-5-6-7-8-9-10-11-12-13-14-15-20-26-24-18-16-23(17-19-24)25-27-21-22-28-25/h16-19,25-26H,2-15,20-22H2,1H3. The van der Waals surface area contributed by atoms with Crippen molar-refractivity contribution in [2.24, 2.45) is 0 Å². The van der Waals surface area contributed by atoms with E-state index in [1.807, 2.05) is 0 Å². The van der Waals surface area contributed by atoms with E-state index in [-0.39, 0.29) is 6.29 Å². The van der Waals surface area contributed by atoms with E-state index < -0.39 is 0 Å². The summed E-state index contributed by atoms with van der Waals surface area (Å²) in [4.78, 5) is 0. The van der Waals surface area contributed by atoms with E-state index >= 15 is 0 Å². The van der Waals surface area contributed by atoms with Crippen molar-refractivity contribution < 1.29 is 9.47 Å². The van der Waals surface area contributed by atoms with Gasteiger partial charge >= 0.3 is 0 Å². The van der Waals surface area contributed by atoms with Crippen LogP contribution in [0.2, 0.25) is 0 Å². The molecule has 2 rings (SSSR count). The van der Waals surface area contributed by atoms with Crippen LogP contribution in [0.5, 0.6) is 0 Å². The number of nitrogens with one attached hydrogen (secondary N) is 1. The first kappa shape index (κ1) is 23.2. The highest BCUT2D eigenvalue weighted by Crippen LogP contribution is 2.24. The van der Waals surface area contributed by atoms with Gasteiger partial charge in [0.25, 0.3) is 0 Å². The van der Waals surface area contributed by atoms with Gasteiger partial charge in [-0.3, -0.25) is 0 Å². The van der Waals surface area contributed by atoms with Crippen molar-refractivity contribution in [3.8, 4) is 0 Å². The molecule has 160 valence electrons. The summed E-state index contributed by atoms with van der Waals surface area (Å²) >= 11 is 0. The van der Waals surface area contributed by atoms with Gasteiger partial charge < -0.3 is 14.8 Å². The zero-order valence-electron chi connectivity index (χ0n) is 18.2. The highest BCUT2D eigenvalue weighted by Gasteiger charge is 2.17. The summed E-state index contributed by atoms with van der Waals surface area (Å²) in [5.74, 6) is 0. The van der Waals surface area contributed by atoms with Gasteiger partial charge in [0.2, 0.25) is 0 Å². The minimum absolute atomic E-state index is 0.167. The molecular formula is C25H43NO2. The Morgan fingerprint density at radius 3 is 1.64 bits per heavy atom. The SMILES string of the molecule is CCCCCCCCCCCCCCCCNc1ccc(C2OCCO2)cc1. The molecule has 1 aromatic carbocycles. The first-order chi connectivity index (χ1) is 13.9. The van der Waals surface area contributed by atoms with Crippen LogP contribution in [0, 0.1) is 0 Å². The number of hydrogen-bond acceptors (Lipinski definition) is 3. The number of rotatable bonds is 17. The Labute approximate surface area is 173 Å². The van der Waals surface area contributed by atoms with Gasteiger partial charge in [-0.2, -0.15) is 0 Å². The second-order valence-corrected chi connectivity index (χ2v) is 8.22. The molecule has 1 aliphatic rings. The first-order valence-electron chi connectivity index (χ1n) is 12.0. The van der Waals surface area contributed by atoms with Crippen LogP contribution < -0.4 is 5.32 Å². The van der Waals surface area contributed by atoms with Crippen LogP contribution in [0.4, 0.5) is 5.69 Å². The second kappa shape index (κ2) is 15.8. The molecule has 28 heavy (non-hydrogen) atoms. The van der Waals surface area contributed by atoms with Crippen molar-refractivity contribution in [1.82, 2.24) is 0 Å². The molecule has 1 aliphatic heterocycles. The fourth-order valence-electron chi connectivity index (χ4n) is 3.86. The molecule has 0 bridgehead atoms. The number of benzene rings is 1. The lowest BCUT2D eigenvalue weighted by molar-refractivity contribution is -0.0441. The van der Waals surface area contributed by atoms with E-state index in [0.717, 1.165) is 12.1 Å². The molecule has 0 aliphatic carbocycles. The average Bonchev–Trinajstić information content (AvgIpc) is 3.26. The molecule has 0 aromatic heterocycles. The summed E-state index contributed by atoms with van der Waals surface area (Å²) in [6, 6.07) is 8.46. The van der Waals surface area contributed by atoms with Crippen LogP contribution in [0.15, 0.2) is 24.3 Å². The average molecular weight is 390 g/mol. The van der Waals surface area contributed by atoms with Gasteiger partial charge in [0.05, 0.1) is 13.2 Å². The minimum Gasteiger partial charge on any atom is -0.385 e. The second-order valence-electron chi connectivity index (χ2n) is 8.22.